The quantitative estimate of drug-likeness (QED) is 0.746. The van der Waals surface area contributed by atoms with Gasteiger partial charge in [-0.25, -0.2) is 0 Å². The molecule has 1 aromatic carbocycles. The second-order valence-corrected chi connectivity index (χ2v) is 4.35. The summed E-state index contributed by atoms with van der Waals surface area (Å²) < 4.78 is 0. The molecule has 88 valence electrons. The van der Waals surface area contributed by atoms with Crippen molar-refractivity contribution in [1.82, 2.24) is 0 Å². The highest BCUT2D eigenvalue weighted by molar-refractivity contribution is 5.81. The first kappa shape index (κ1) is 12.8. The Hall–Kier alpha value is -1.31. The molecule has 2 N–H and O–H groups in total. The van der Waals surface area contributed by atoms with Gasteiger partial charge in [-0.3, -0.25) is 4.79 Å². The predicted octanol–water partition coefficient (Wildman–Crippen LogP) is 3.21. The van der Waals surface area contributed by atoms with Gasteiger partial charge in [0.05, 0.1) is 0 Å². The fraction of sp³-hybridized carbons (Fsp3) is 0.500. The third-order valence-corrected chi connectivity index (χ3v) is 3.02. The van der Waals surface area contributed by atoms with E-state index in [1.807, 2.05) is 24.3 Å². The molecule has 0 aliphatic rings. The molecule has 0 saturated heterocycles. The first-order valence-electron chi connectivity index (χ1n) is 6.01. The van der Waals surface area contributed by atoms with Gasteiger partial charge in [-0.05, 0) is 23.6 Å². The van der Waals surface area contributed by atoms with Gasteiger partial charge < -0.3 is 5.73 Å². The van der Waals surface area contributed by atoms with Crippen molar-refractivity contribution in [2.24, 2.45) is 5.92 Å². The molecule has 0 atom stereocenters. The molecular formula is C14H21NO. The highest BCUT2D eigenvalue weighted by Gasteiger charge is 2.10. The Labute approximate surface area is 97.9 Å². The Morgan fingerprint density at radius 2 is 2.00 bits per heavy atom. The van der Waals surface area contributed by atoms with Crippen molar-refractivity contribution in [1.29, 1.82) is 0 Å². The van der Waals surface area contributed by atoms with E-state index in [0.717, 1.165) is 24.1 Å². The Morgan fingerprint density at radius 3 is 2.56 bits per heavy atom. The molecule has 1 rings (SSSR count). The molecule has 0 fully saturated rings. The van der Waals surface area contributed by atoms with Gasteiger partial charge in [0.25, 0.3) is 0 Å². The molecule has 0 heterocycles. The number of hydrogen-bond acceptors (Lipinski definition) is 2. The highest BCUT2D eigenvalue weighted by Crippen LogP contribution is 2.15. The zero-order chi connectivity index (χ0) is 12.0. The monoisotopic (exact) mass is 219 g/mol. The summed E-state index contributed by atoms with van der Waals surface area (Å²) in [5.74, 6) is 0.854. The zero-order valence-corrected chi connectivity index (χ0v) is 10.2. The molecule has 2 nitrogen and oxygen atoms in total. The van der Waals surface area contributed by atoms with Gasteiger partial charge >= 0.3 is 0 Å². The van der Waals surface area contributed by atoms with Crippen LogP contribution in [0.15, 0.2) is 24.3 Å². The molecule has 0 bridgehead atoms. The average molecular weight is 219 g/mol. The topological polar surface area (TPSA) is 43.1 Å². The Balaban J connectivity index is 2.51. The largest absolute Gasteiger partial charge is 0.399 e. The second kappa shape index (κ2) is 6.31. The van der Waals surface area contributed by atoms with Crippen LogP contribution >= 0.6 is 0 Å². The molecule has 0 saturated carbocycles. The minimum Gasteiger partial charge on any atom is -0.399 e. The van der Waals surface area contributed by atoms with Gasteiger partial charge in [0.1, 0.15) is 5.78 Å². The number of Topliss-reactive ketones (excluding diaryl/α,β-unsaturated/α-hetero) is 1. The lowest BCUT2D eigenvalue weighted by Gasteiger charge is -2.10. The fourth-order valence-electron chi connectivity index (χ4n) is 1.90. The summed E-state index contributed by atoms with van der Waals surface area (Å²) in [5, 5.41) is 0. The minimum atomic E-state index is 0.319. The van der Waals surface area contributed by atoms with Crippen LogP contribution < -0.4 is 5.73 Å². The lowest BCUT2D eigenvalue weighted by Crippen LogP contribution is -2.09. The molecular weight excluding hydrogens is 198 g/mol. The van der Waals surface area contributed by atoms with Crippen LogP contribution in [0.5, 0.6) is 0 Å². The normalized spacial score (nSPS) is 10.7. The first-order valence-corrected chi connectivity index (χ1v) is 6.01. The van der Waals surface area contributed by atoms with Crippen LogP contribution in [0.4, 0.5) is 5.69 Å². The number of hydrogen-bond donors (Lipinski definition) is 1. The van der Waals surface area contributed by atoms with E-state index in [0.29, 0.717) is 24.5 Å². The molecule has 0 aliphatic heterocycles. The summed E-state index contributed by atoms with van der Waals surface area (Å²) in [4.78, 5) is 11.8. The second-order valence-electron chi connectivity index (χ2n) is 4.35. The summed E-state index contributed by atoms with van der Waals surface area (Å²) in [6.45, 7) is 4.28. The van der Waals surface area contributed by atoms with Gasteiger partial charge in [0, 0.05) is 18.5 Å². The predicted molar refractivity (Wildman–Crippen MR) is 68.3 cm³/mol. The third-order valence-electron chi connectivity index (χ3n) is 3.02. The average Bonchev–Trinajstić information content (AvgIpc) is 2.26. The maximum Gasteiger partial charge on any atom is 0.137 e. The smallest absolute Gasteiger partial charge is 0.137 e. The number of carbonyl (C=O) groups is 1. The molecule has 0 amide bonds. The van der Waals surface area contributed by atoms with Crippen LogP contribution in [-0.2, 0) is 11.2 Å². The van der Waals surface area contributed by atoms with E-state index in [2.05, 4.69) is 13.8 Å². The lowest BCUT2D eigenvalue weighted by molar-refractivity contribution is -0.119. The Morgan fingerprint density at radius 1 is 1.31 bits per heavy atom. The summed E-state index contributed by atoms with van der Waals surface area (Å²) in [5.41, 5.74) is 7.43. The van der Waals surface area contributed by atoms with Crippen LogP contribution in [0.25, 0.3) is 0 Å². The van der Waals surface area contributed by atoms with Crippen LogP contribution in [0, 0.1) is 5.92 Å². The minimum absolute atomic E-state index is 0.319. The molecule has 0 aromatic heterocycles. The van der Waals surface area contributed by atoms with Gasteiger partial charge in [-0.15, -0.1) is 0 Å². The lowest BCUT2D eigenvalue weighted by atomic mass is 9.94. The van der Waals surface area contributed by atoms with E-state index in [9.17, 15) is 4.79 Å². The number of benzene rings is 1. The van der Waals surface area contributed by atoms with E-state index in [4.69, 9.17) is 5.73 Å². The molecule has 2 heteroatoms. The van der Waals surface area contributed by atoms with Gasteiger partial charge in [-0.1, -0.05) is 38.8 Å². The number of carbonyl (C=O) groups excluding carboxylic acids is 1. The maximum absolute atomic E-state index is 11.8. The van der Waals surface area contributed by atoms with Crippen molar-refractivity contribution in [3.63, 3.8) is 0 Å². The number of ketones is 1. The number of nitrogens with two attached hydrogens (primary N) is 1. The molecule has 16 heavy (non-hydrogen) atoms. The van der Waals surface area contributed by atoms with Gasteiger partial charge in [0.15, 0.2) is 0 Å². The SMILES string of the molecule is CCC(CC)CC(=O)Cc1cccc(N)c1. The van der Waals surface area contributed by atoms with Crippen molar-refractivity contribution >= 4 is 11.5 Å². The summed E-state index contributed by atoms with van der Waals surface area (Å²) in [6, 6.07) is 7.58. The molecule has 1 aromatic rings. The van der Waals surface area contributed by atoms with Crippen LogP contribution in [-0.4, -0.2) is 5.78 Å². The van der Waals surface area contributed by atoms with Crippen molar-refractivity contribution in [3.05, 3.63) is 29.8 Å². The van der Waals surface area contributed by atoms with Crippen LogP contribution in [0.2, 0.25) is 0 Å². The summed E-state index contributed by atoms with van der Waals surface area (Å²) in [6.07, 6.45) is 3.38. The maximum atomic E-state index is 11.8. The molecule has 0 aliphatic carbocycles. The highest BCUT2D eigenvalue weighted by atomic mass is 16.1. The van der Waals surface area contributed by atoms with E-state index in [1.54, 1.807) is 0 Å². The number of anilines is 1. The van der Waals surface area contributed by atoms with Crippen molar-refractivity contribution in [2.45, 2.75) is 39.5 Å². The number of rotatable bonds is 6. The van der Waals surface area contributed by atoms with E-state index in [1.165, 1.54) is 0 Å². The van der Waals surface area contributed by atoms with Gasteiger partial charge in [-0.2, -0.15) is 0 Å². The summed E-state index contributed by atoms with van der Waals surface area (Å²) in [7, 11) is 0. The van der Waals surface area contributed by atoms with Crippen LogP contribution in [0.3, 0.4) is 0 Å². The standard InChI is InChI=1S/C14H21NO/c1-3-11(4-2)9-14(16)10-12-6-5-7-13(15)8-12/h5-8,11H,3-4,9-10,15H2,1-2H3. The van der Waals surface area contributed by atoms with Crippen LogP contribution in [0.1, 0.15) is 38.7 Å². The summed E-state index contributed by atoms with van der Waals surface area (Å²) >= 11 is 0. The Kier molecular flexibility index (Phi) is 5.03. The number of nitrogen functional groups attached to an aromatic ring is 1. The molecule has 0 spiro atoms. The van der Waals surface area contributed by atoms with E-state index >= 15 is 0 Å². The zero-order valence-electron chi connectivity index (χ0n) is 10.2. The van der Waals surface area contributed by atoms with Crippen molar-refractivity contribution in [3.8, 4) is 0 Å². The van der Waals surface area contributed by atoms with Gasteiger partial charge in [0.2, 0.25) is 0 Å². The van der Waals surface area contributed by atoms with Crippen molar-refractivity contribution < 1.29 is 4.79 Å². The molecule has 0 radical (unpaired) electrons. The van der Waals surface area contributed by atoms with Crippen molar-refractivity contribution in [2.75, 3.05) is 5.73 Å². The first-order chi connectivity index (χ1) is 7.65. The third kappa shape index (κ3) is 4.05. The Bertz CT molecular complexity index is 342. The molecule has 0 unspecified atom stereocenters. The van der Waals surface area contributed by atoms with E-state index in [-0.39, 0.29) is 0 Å². The van der Waals surface area contributed by atoms with E-state index < -0.39 is 0 Å². The fourth-order valence-corrected chi connectivity index (χ4v) is 1.90.